The second-order valence-electron chi connectivity index (χ2n) is 5.47. The lowest BCUT2D eigenvalue weighted by Gasteiger charge is -2.07. The minimum absolute atomic E-state index is 0.829. The first-order valence-corrected chi connectivity index (χ1v) is 7.20. The second-order valence-corrected chi connectivity index (χ2v) is 5.47. The molecule has 5 aromatic rings. The third-order valence-electron chi connectivity index (χ3n) is 4.15. The Kier molecular flexibility index (Phi) is 2.22. The van der Waals surface area contributed by atoms with Gasteiger partial charge in [-0.05, 0) is 45.8 Å². The number of benzene rings is 3. The Bertz CT molecular complexity index is 1080. The molecule has 0 saturated heterocycles. The first-order chi connectivity index (χ1) is 10.9. The Balaban J connectivity index is 2.00. The van der Waals surface area contributed by atoms with Crippen molar-refractivity contribution in [2.75, 3.05) is 0 Å². The molecular weight excluding hydrogens is 270 g/mol. The summed E-state index contributed by atoms with van der Waals surface area (Å²) >= 11 is 0. The number of hydrogen-bond donors (Lipinski definition) is 0. The fourth-order valence-electron chi connectivity index (χ4n) is 3.07. The summed E-state index contributed by atoms with van der Waals surface area (Å²) in [5.74, 6) is 0. The van der Waals surface area contributed by atoms with Crippen molar-refractivity contribution < 1.29 is 0 Å². The zero-order chi connectivity index (χ0) is 14.5. The van der Waals surface area contributed by atoms with E-state index in [0.29, 0.717) is 0 Å². The Morgan fingerprint density at radius 2 is 1.50 bits per heavy atom. The molecule has 0 unspecified atom stereocenters. The first-order valence-electron chi connectivity index (χ1n) is 7.20. The van der Waals surface area contributed by atoms with Crippen LogP contribution in [-0.4, -0.2) is 15.0 Å². The van der Waals surface area contributed by atoms with Crippen molar-refractivity contribution >= 4 is 43.5 Å². The number of hydrogen-bond acceptors (Lipinski definition) is 3. The van der Waals surface area contributed by atoms with Gasteiger partial charge in [0.2, 0.25) is 0 Å². The van der Waals surface area contributed by atoms with Gasteiger partial charge in [0.25, 0.3) is 0 Å². The normalized spacial score (nSPS) is 11.6. The molecule has 22 heavy (non-hydrogen) atoms. The summed E-state index contributed by atoms with van der Waals surface area (Å²) in [7, 11) is 0. The Hall–Kier alpha value is -3.07. The van der Waals surface area contributed by atoms with E-state index < -0.39 is 0 Å². The van der Waals surface area contributed by atoms with Crippen molar-refractivity contribution in [3.63, 3.8) is 0 Å². The molecule has 0 radical (unpaired) electrons. The third kappa shape index (κ3) is 1.59. The maximum absolute atomic E-state index is 4.68. The smallest absolute Gasteiger partial charge is 0.116 e. The molecule has 3 nitrogen and oxygen atoms in total. The van der Waals surface area contributed by atoms with E-state index in [1.807, 2.05) is 0 Å². The average Bonchev–Trinajstić information content (AvgIpc) is 2.58. The minimum Gasteiger partial charge on any atom is -0.244 e. The van der Waals surface area contributed by atoms with Crippen molar-refractivity contribution in [3.05, 3.63) is 67.1 Å². The SMILES string of the molecule is c1ccc2cc3c(ccc4nc5cncnc5cc43)cc2c1. The molecule has 0 aliphatic carbocycles. The van der Waals surface area contributed by atoms with Crippen LogP contribution in [0.25, 0.3) is 43.5 Å². The number of rotatable bonds is 0. The topological polar surface area (TPSA) is 38.7 Å². The van der Waals surface area contributed by atoms with Gasteiger partial charge in [0.15, 0.2) is 0 Å². The number of fused-ring (bicyclic) bond motifs is 5. The van der Waals surface area contributed by atoms with Crippen LogP contribution in [0, 0.1) is 0 Å². The van der Waals surface area contributed by atoms with Crippen LogP contribution in [0.4, 0.5) is 0 Å². The highest BCUT2D eigenvalue weighted by Gasteiger charge is 2.06. The summed E-state index contributed by atoms with van der Waals surface area (Å²) in [6.45, 7) is 0. The van der Waals surface area contributed by atoms with Gasteiger partial charge in [0.05, 0.1) is 17.2 Å². The summed E-state index contributed by atoms with van der Waals surface area (Å²) in [4.78, 5) is 13.1. The Morgan fingerprint density at radius 1 is 0.636 bits per heavy atom. The van der Waals surface area contributed by atoms with Gasteiger partial charge in [-0.15, -0.1) is 0 Å². The fraction of sp³-hybridized carbons (Fsp3) is 0. The van der Waals surface area contributed by atoms with Crippen LogP contribution >= 0.6 is 0 Å². The van der Waals surface area contributed by atoms with Crippen molar-refractivity contribution in [2.45, 2.75) is 0 Å². The molecule has 3 heteroatoms. The van der Waals surface area contributed by atoms with Crippen LogP contribution in [0.1, 0.15) is 0 Å². The maximum Gasteiger partial charge on any atom is 0.116 e. The number of pyridine rings is 1. The quantitative estimate of drug-likeness (QED) is 0.310. The van der Waals surface area contributed by atoms with Crippen molar-refractivity contribution in [2.24, 2.45) is 0 Å². The monoisotopic (exact) mass is 281 g/mol. The lowest BCUT2D eigenvalue weighted by molar-refractivity contribution is 1.21. The number of nitrogens with zero attached hydrogens (tertiary/aromatic N) is 3. The maximum atomic E-state index is 4.68. The van der Waals surface area contributed by atoms with Gasteiger partial charge in [-0.3, -0.25) is 0 Å². The van der Waals surface area contributed by atoms with Gasteiger partial charge in [0.1, 0.15) is 11.8 Å². The zero-order valence-electron chi connectivity index (χ0n) is 11.7. The first kappa shape index (κ1) is 11.6. The highest BCUT2D eigenvalue weighted by Crippen LogP contribution is 2.30. The van der Waals surface area contributed by atoms with Gasteiger partial charge in [-0.1, -0.05) is 30.3 Å². The van der Waals surface area contributed by atoms with Gasteiger partial charge < -0.3 is 0 Å². The standard InChI is InChI=1S/C19H11N3/c1-2-4-13-8-15-14(7-12(13)3-1)5-6-17-16(15)9-18-19(22-17)10-20-11-21-18/h1-11H. The summed E-state index contributed by atoms with van der Waals surface area (Å²) in [6, 6.07) is 19.2. The molecule has 0 atom stereocenters. The Labute approximate surface area is 126 Å². The van der Waals surface area contributed by atoms with Crippen molar-refractivity contribution in [1.29, 1.82) is 0 Å². The molecule has 0 aliphatic heterocycles. The van der Waals surface area contributed by atoms with Crippen LogP contribution in [-0.2, 0) is 0 Å². The molecular formula is C19H11N3. The van der Waals surface area contributed by atoms with Crippen LogP contribution in [0.15, 0.2) is 67.1 Å². The van der Waals surface area contributed by atoms with Crippen LogP contribution in [0.2, 0.25) is 0 Å². The molecule has 0 aliphatic rings. The molecule has 2 aromatic heterocycles. The highest BCUT2D eigenvalue weighted by molar-refractivity contribution is 6.12. The third-order valence-corrected chi connectivity index (χ3v) is 4.15. The highest BCUT2D eigenvalue weighted by atomic mass is 14.9. The molecule has 0 bridgehead atoms. The van der Waals surface area contributed by atoms with E-state index in [-0.39, 0.29) is 0 Å². The summed E-state index contributed by atoms with van der Waals surface area (Å²) in [5.41, 5.74) is 2.68. The molecule has 0 N–H and O–H groups in total. The molecule has 3 aromatic carbocycles. The lowest BCUT2D eigenvalue weighted by Crippen LogP contribution is -1.88. The molecule has 5 rings (SSSR count). The van der Waals surface area contributed by atoms with Crippen LogP contribution in [0.3, 0.4) is 0 Å². The molecule has 0 spiro atoms. The van der Waals surface area contributed by atoms with E-state index in [1.54, 1.807) is 12.5 Å². The van der Waals surface area contributed by atoms with E-state index in [1.165, 1.54) is 21.5 Å². The predicted octanol–water partition coefficient (Wildman–Crippen LogP) is 4.48. The summed E-state index contributed by atoms with van der Waals surface area (Å²) in [6.07, 6.45) is 3.32. The lowest BCUT2D eigenvalue weighted by atomic mass is 10.00. The van der Waals surface area contributed by atoms with Gasteiger partial charge in [-0.25, -0.2) is 15.0 Å². The van der Waals surface area contributed by atoms with E-state index in [2.05, 4.69) is 69.5 Å². The summed E-state index contributed by atoms with van der Waals surface area (Å²) in [5, 5.41) is 6.07. The number of aromatic nitrogens is 3. The predicted molar refractivity (Wildman–Crippen MR) is 89.9 cm³/mol. The Morgan fingerprint density at radius 3 is 2.41 bits per heavy atom. The molecule has 102 valence electrons. The minimum atomic E-state index is 0.829. The van der Waals surface area contributed by atoms with Crippen LogP contribution < -0.4 is 0 Å². The van der Waals surface area contributed by atoms with E-state index >= 15 is 0 Å². The van der Waals surface area contributed by atoms with Crippen LogP contribution in [0.5, 0.6) is 0 Å². The largest absolute Gasteiger partial charge is 0.244 e. The molecule has 0 saturated carbocycles. The second kappa shape index (κ2) is 4.21. The van der Waals surface area contributed by atoms with E-state index in [0.717, 1.165) is 21.9 Å². The van der Waals surface area contributed by atoms with Gasteiger partial charge in [-0.2, -0.15) is 0 Å². The van der Waals surface area contributed by atoms with Crippen molar-refractivity contribution in [3.8, 4) is 0 Å². The summed E-state index contributed by atoms with van der Waals surface area (Å²) < 4.78 is 0. The van der Waals surface area contributed by atoms with Gasteiger partial charge >= 0.3 is 0 Å². The molecule has 2 heterocycles. The van der Waals surface area contributed by atoms with Crippen molar-refractivity contribution in [1.82, 2.24) is 15.0 Å². The zero-order valence-corrected chi connectivity index (χ0v) is 11.7. The van der Waals surface area contributed by atoms with E-state index in [4.69, 9.17) is 0 Å². The van der Waals surface area contributed by atoms with E-state index in [9.17, 15) is 0 Å². The fourth-order valence-corrected chi connectivity index (χ4v) is 3.07. The molecule has 0 amide bonds. The average molecular weight is 281 g/mol. The molecule has 0 fully saturated rings. The van der Waals surface area contributed by atoms with Gasteiger partial charge in [0, 0.05) is 5.39 Å².